The Kier molecular flexibility index (Phi) is 6.00. The lowest BCUT2D eigenvalue weighted by Gasteiger charge is -2.12. The summed E-state index contributed by atoms with van der Waals surface area (Å²) in [7, 11) is 0. The van der Waals surface area contributed by atoms with Gasteiger partial charge in [0.1, 0.15) is 35.4 Å². The number of nitriles is 1. The van der Waals surface area contributed by atoms with E-state index in [1.165, 1.54) is 47.4 Å². The number of imidazole rings is 1. The molecular weight excluding hydrogens is 499 g/mol. The number of aromatic nitrogens is 5. The third kappa shape index (κ3) is 4.81. The third-order valence-corrected chi connectivity index (χ3v) is 5.26. The van der Waals surface area contributed by atoms with E-state index >= 15 is 0 Å². The second kappa shape index (κ2) is 9.30. The number of alkyl halides is 3. The number of halogens is 5. The Morgan fingerprint density at radius 3 is 2.59 bits per heavy atom. The molecule has 2 aliphatic rings. The van der Waals surface area contributed by atoms with Crippen molar-refractivity contribution in [3.05, 3.63) is 77.8 Å². The van der Waals surface area contributed by atoms with E-state index in [4.69, 9.17) is 14.5 Å². The van der Waals surface area contributed by atoms with Gasteiger partial charge in [0, 0.05) is 11.6 Å². The standard InChI is InChI=1S/C24H13F5N6O2/c25-18-3-1-2-16(22(18)26)23-32-20-10-31-35(12-21(20)33-23)11-14-9-19(34-37-14)15-5-4-13(36-7-6-30)8-17(15)24(27,28)29/h1-5,8-10,12H,7,11H2. The number of hydrogen-bond acceptors (Lipinski definition) is 7. The van der Waals surface area contributed by atoms with Crippen molar-refractivity contribution in [3.63, 3.8) is 0 Å². The molecule has 0 radical (unpaired) electrons. The maximum Gasteiger partial charge on any atom is 0.417 e. The van der Waals surface area contributed by atoms with Crippen LogP contribution in [-0.2, 0) is 12.7 Å². The van der Waals surface area contributed by atoms with Gasteiger partial charge in [0.2, 0.25) is 0 Å². The quantitative estimate of drug-likeness (QED) is 0.283. The molecule has 0 atom stereocenters. The number of fused-ring (bicyclic) bond motifs is 1. The zero-order chi connectivity index (χ0) is 26.2. The summed E-state index contributed by atoms with van der Waals surface area (Å²) >= 11 is 0. The van der Waals surface area contributed by atoms with Crippen LogP contribution in [0.1, 0.15) is 11.3 Å². The van der Waals surface area contributed by atoms with E-state index in [9.17, 15) is 22.0 Å². The van der Waals surface area contributed by atoms with E-state index in [0.717, 1.165) is 12.1 Å². The largest absolute Gasteiger partial charge is 0.479 e. The maximum absolute atomic E-state index is 14.1. The van der Waals surface area contributed by atoms with E-state index in [1.54, 1.807) is 6.07 Å². The summed E-state index contributed by atoms with van der Waals surface area (Å²) < 4.78 is 80.2. The highest BCUT2D eigenvalue weighted by molar-refractivity contribution is 5.66. The second-order valence-corrected chi connectivity index (χ2v) is 7.72. The molecular formula is C24H13F5N6O2. The molecule has 0 saturated carbocycles. The molecule has 0 amide bonds. The fraction of sp³-hybridized carbons (Fsp3) is 0.125. The predicted octanol–water partition coefficient (Wildman–Crippen LogP) is 5.35. The number of ether oxygens (including phenoxy) is 1. The van der Waals surface area contributed by atoms with Crippen LogP contribution in [0.4, 0.5) is 22.0 Å². The van der Waals surface area contributed by atoms with E-state index in [-0.39, 0.29) is 40.7 Å². The molecule has 3 aromatic rings. The lowest BCUT2D eigenvalue weighted by molar-refractivity contribution is -0.137. The summed E-state index contributed by atoms with van der Waals surface area (Å²) in [5.41, 5.74) is -0.731. The average molecular weight is 512 g/mol. The molecule has 2 aliphatic heterocycles. The lowest BCUT2D eigenvalue weighted by Crippen LogP contribution is -2.08. The first-order valence-corrected chi connectivity index (χ1v) is 10.5. The molecule has 0 spiro atoms. The highest BCUT2D eigenvalue weighted by Gasteiger charge is 2.35. The first-order chi connectivity index (χ1) is 17.7. The maximum atomic E-state index is 14.1. The molecule has 8 nitrogen and oxygen atoms in total. The number of hydrogen-bond donors (Lipinski definition) is 0. The molecule has 5 rings (SSSR count). The van der Waals surface area contributed by atoms with Gasteiger partial charge in [-0.25, -0.2) is 18.7 Å². The van der Waals surface area contributed by atoms with Gasteiger partial charge in [-0.05, 0) is 30.3 Å². The summed E-state index contributed by atoms with van der Waals surface area (Å²) in [5, 5.41) is 16.5. The van der Waals surface area contributed by atoms with Crippen LogP contribution in [0.25, 0.3) is 34.0 Å². The highest BCUT2D eigenvalue weighted by atomic mass is 19.4. The van der Waals surface area contributed by atoms with Crippen molar-refractivity contribution < 1.29 is 31.2 Å². The summed E-state index contributed by atoms with van der Waals surface area (Å²) in [5.74, 6) is -2.03. The number of nitrogens with zero attached hydrogens (tertiary/aromatic N) is 6. The Balaban J connectivity index is 1.41. The van der Waals surface area contributed by atoms with Crippen molar-refractivity contribution in [1.29, 1.82) is 5.26 Å². The molecule has 2 aromatic carbocycles. The SMILES string of the molecule is N#CCOc1ccc(-c2cc(Cn3cc4nc(-c5cccc(F)c5F)nc-4cn3)on2)c(C(F)(F)F)c1. The first kappa shape index (κ1) is 23.9. The molecule has 0 N–H and O–H groups in total. The van der Waals surface area contributed by atoms with Gasteiger partial charge in [-0.3, -0.25) is 4.68 Å². The van der Waals surface area contributed by atoms with Gasteiger partial charge in [0.15, 0.2) is 29.8 Å². The zero-order valence-electron chi connectivity index (χ0n) is 18.5. The van der Waals surface area contributed by atoms with Gasteiger partial charge < -0.3 is 9.26 Å². The molecule has 0 unspecified atom stereocenters. The Morgan fingerprint density at radius 1 is 1.00 bits per heavy atom. The van der Waals surface area contributed by atoms with Gasteiger partial charge in [-0.1, -0.05) is 11.2 Å². The zero-order valence-corrected chi connectivity index (χ0v) is 18.5. The van der Waals surface area contributed by atoms with Crippen molar-refractivity contribution in [2.75, 3.05) is 6.61 Å². The Hall–Kier alpha value is -4.86. The van der Waals surface area contributed by atoms with Crippen molar-refractivity contribution in [2.45, 2.75) is 12.7 Å². The number of benzene rings is 2. The van der Waals surface area contributed by atoms with E-state index in [2.05, 4.69) is 20.2 Å². The summed E-state index contributed by atoms with van der Waals surface area (Å²) in [6.45, 7) is -0.407. The summed E-state index contributed by atoms with van der Waals surface area (Å²) in [6, 6.07) is 9.97. The van der Waals surface area contributed by atoms with Crippen LogP contribution in [-0.4, -0.2) is 31.5 Å². The number of rotatable bonds is 6. The molecule has 13 heteroatoms. The van der Waals surface area contributed by atoms with Crippen molar-refractivity contribution in [2.24, 2.45) is 0 Å². The minimum Gasteiger partial charge on any atom is -0.479 e. The monoisotopic (exact) mass is 512 g/mol. The van der Waals surface area contributed by atoms with Gasteiger partial charge in [0.25, 0.3) is 0 Å². The topological polar surface area (TPSA) is 103 Å². The normalized spacial score (nSPS) is 11.6. The molecule has 186 valence electrons. The molecule has 0 bridgehead atoms. The van der Waals surface area contributed by atoms with Crippen LogP contribution in [0.5, 0.6) is 5.75 Å². The Morgan fingerprint density at radius 2 is 1.81 bits per heavy atom. The Labute approximate surface area is 204 Å². The molecule has 0 fully saturated rings. The van der Waals surface area contributed by atoms with Crippen molar-refractivity contribution in [1.82, 2.24) is 24.9 Å². The molecule has 37 heavy (non-hydrogen) atoms. The van der Waals surface area contributed by atoms with Gasteiger partial charge in [0.05, 0.1) is 23.5 Å². The fourth-order valence-corrected chi connectivity index (χ4v) is 3.61. The minimum absolute atomic E-state index is 0.00975. The van der Waals surface area contributed by atoms with Crippen molar-refractivity contribution >= 4 is 0 Å². The van der Waals surface area contributed by atoms with Crippen LogP contribution in [0.15, 0.2) is 59.4 Å². The van der Waals surface area contributed by atoms with Gasteiger partial charge in [-0.2, -0.15) is 23.5 Å². The van der Waals surface area contributed by atoms with E-state index in [0.29, 0.717) is 11.4 Å². The van der Waals surface area contributed by atoms with Crippen LogP contribution < -0.4 is 4.74 Å². The molecule has 0 saturated heterocycles. The van der Waals surface area contributed by atoms with Crippen LogP contribution in [0.3, 0.4) is 0 Å². The van der Waals surface area contributed by atoms with Crippen molar-refractivity contribution in [3.8, 4) is 45.9 Å². The first-order valence-electron chi connectivity index (χ1n) is 10.5. The fourth-order valence-electron chi connectivity index (χ4n) is 3.61. The second-order valence-electron chi connectivity index (χ2n) is 7.72. The van der Waals surface area contributed by atoms with E-state index in [1.807, 2.05) is 0 Å². The molecule has 3 heterocycles. The van der Waals surface area contributed by atoms with Gasteiger partial charge in [-0.15, -0.1) is 0 Å². The van der Waals surface area contributed by atoms with Crippen LogP contribution in [0.2, 0.25) is 0 Å². The van der Waals surface area contributed by atoms with Crippen LogP contribution >= 0.6 is 0 Å². The third-order valence-electron chi connectivity index (χ3n) is 5.26. The average Bonchev–Trinajstić information content (AvgIpc) is 3.50. The molecule has 1 aromatic heterocycles. The predicted molar refractivity (Wildman–Crippen MR) is 117 cm³/mol. The van der Waals surface area contributed by atoms with Gasteiger partial charge >= 0.3 is 6.18 Å². The Bertz CT molecular complexity index is 1600. The minimum atomic E-state index is -4.71. The lowest BCUT2D eigenvalue weighted by atomic mass is 10.0. The smallest absolute Gasteiger partial charge is 0.417 e. The van der Waals surface area contributed by atoms with Crippen LogP contribution in [0, 0.1) is 23.0 Å². The van der Waals surface area contributed by atoms with E-state index < -0.39 is 30.0 Å². The summed E-state index contributed by atoms with van der Waals surface area (Å²) in [4.78, 5) is 8.40. The highest BCUT2D eigenvalue weighted by Crippen LogP contribution is 2.39. The summed E-state index contributed by atoms with van der Waals surface area (Å²) in [6.07, 6.45) is -1.87. The molecule has 0 aliphatic carbocycles.